The van der Waals surface area contributed by atoms with Crippen LogP contribution in [0.2, 0.25) is 0 Å². The van der Waals surface area contributed by atoms with E-state index in [4.69, 9.17) is 0 Å². The minimum Gasteiger partial charge on any atom is -0.314 e. The Hall–Kier alpha value is -2.24. The Morgan fingerprint density at radius 2 is 2.04 bits per heavy atom. The van der Waals surface area contributed by atoms with E-state index in [1.165, 1.54) is 20.9 Å². The average molecular weight is 352 g/mol. The van der Waals surface area contributed by atoms with Gasteiger partial charge in [0.2, 0.25) is 0 Å². The highest BCUT2D eigenvalue weighted by molar-refractivity contribution is 7.18. The number of rotatable bonds is 3. The van der Waals surface area contributed by atoms with Crippen molar-refractivity contribution >= 4 is 27.1 Å². The van der Waals surface area contributed by atoms with E-state index < -0.39 is 0 Å². The second kappa shape index (κ2) is 6.58. The number of benzene rings is 1. The van der Waals surface area contributed by atoms with Crippen LogP contribution >= 0.6 is 11.3 Å². The predicted molar refractivity (Wildman–Crippen MR) is 103 cm³/mol. The van der Waals surface area contributed by atoms with E-state index in [0.717, 1.165) is 35.3 Å². The molecule has 2 aromatic heterocycles. The van der Waals surface area contributed by atoms with Crippen LogP contribution in [0, 0.1) is 13.8 Å². The maximum Gasteiger partial charge on any atom is 0.266 e. The molecule has 1 aromatic carbocycles. The molecule has 3 heterocycles. The standard InChI is InChI=1S/C20H21N3OS/c1-14-15(2)25-19-18(14)20(24)23(12-21-19)13-22-10-8-17(9-11-22)16-6-4-3-5-7-16/h3-8,12H,9-11,13H2,1-2H3/p+1. The Morgan fingerprint density at radius 3 is 2.76 bits per heavy atom. The normalized spacial score (nSPS) is 17.7. The average Bonchev–Trinajstić information content (AvgIpc) is 2.94. The van der Waals surface area contributed by atoms with Gasteiger partial charge >= 0.3 is 0 Å². The van der Waals surface area contributed by atoms with Crippen molar-refractivity contribution in [2.45, 2.75) is 26.9 Å². The van der Waals surface area contributed by atoms with E-state index >= 15 is 0 Å². The molecule has 1 aliphatic rings. The lowest BCUT2D eigenvalue weighted by atomic mass is 10.00. The van der Waals surface area contributed by atoms with Crippen LogP contribution in [0.3, 0.4) is 0 Å². The zero-order valence-corrected chi connectivity index (χ0v) is 15.4. The van der Waals surface area contributed by atoms with Crippen molar-refractivity contribution < 1.29 is 4.90 Å². The number of hydrogen-bond acceptors (Lipinski definition) is 3. The third kappa shape index (κ3) is 3.05. The molecule has 25 heavy (non-hydrogen) atoms. The molecule has 4 nitrogen and oxygen atoms in total. The molecule has 5 heteroatoms. The first-order valence-electron chi connectivity index (χ1n) is 8.66. The highest BCUT2D eigenvalue weighted by atomic mass is 32.1. The highest BCUT2D eigenvalue weighted by Gasteiger charge is 2.18. The zero-order valence-electron chi connectivity index (χ0n) is 14.6. The largest absolute Gasteiger partial charge is 0.314 e. The van der Waals surface area contributed by atoms with Gasteiger partial charge in [0.15, 0.2) is 6.67 Å². The van der Waals surface area contributed by atoms with E-state index in [9.17, 15) is 4.79 Å². The van der Waals surface area contributed by atoms with Gasteiger partial charge in [0.25, 0.3) is 5.56 Å². The number of thiophene rings is 1. The Bertz CT molecular complexity index is 1000. The van der Waals surface area contributed by atoms with Gasteiger partial charge in [-0.1, -0.05) is 30.3 Å². The van der Waals surface area contributed by atoms with Gasteiger partial charge in [-0.2, -0.15) is 0 Å². The molecule has 3 aromatic rings. The van der Waals surface area contributed by atoms with Crippen LogP contribution in [0.25, 0.3) is 15.8 Å². The molecule has 1 aliphatic heterocycles. The van der Waals surface area contributed by atoms with Crippen molar-refractivity contribution in [3.05, 3.63) is 69.1 Å². The Labute approximate surface area is 151 Å². The van der Waals surface area contributed by atoms with Gasteiger partial charge in [-0.05, 0) is 36.6 Å². The molecule has 0 saturated heterocycles. The van der Waals surface area contributed by atoms with Crippen LogP contribution in [-0.2, 0) is 6.67 Å². The minimum atomic E-state index is 0.0946. The fraction of sp³-hybridized carbons (Fsp3) is 0.300. The molecule has 0 aliphatic carbocycles. The van der Waals surface area contributed by atoms with Crippen LogP contribution in [-0.4, -0.2) is 22.6 Å². The van der Waals surface area contributed by atoms with Crippen molar-refractivity contribution in [3.8, 4) is 0 Å². The Kier molecular flexibility index (Phi) is 4.27. The molecule has 0 fully saturated rings. The summed E-state index contributed by atoms with van der Waals surface area (Å²) in [5, 5.41) is 0.793. The van der Waals surface area contributed by atoms with Gasteiger partial charge in [-0.25, -0.2) is 9.55 Å². The van der Waals surface area contributed by atoms with Gasteiger partial charge < -0.3 is 4.90 Å². The third-order valence-electron chi connectivity index (χ3n) is 5.08. The lowest BCUT2D eigenvalue weighted by Crippen LogP contribution is -3.12. The number of nitrogens with one attached hydrogen (secondary N) is 1. The number of nitrogens with zero attached hydrogens (tertiary/aromatic N) is 2. The second-order valence-electron chi connectivity index (χ2n) is 6.69. The summed E-state index contributed by atoms with van der Waals surface area (Å²) in [6.07, 6.45) is 5.06. The summed E-state index contributed by atoms with van der Waals surface area (Å²) in [4.78, 5) is 20.8. The van der Waals surface area contributed by atoms with Gasteiger partial charge in [0.05, 0.1) is 18.5 Å². The second-order valence-corrected chi connectivity index (χ2v) is 7.89. The van der Waals surface area contributed by atoms with Crippen molar-refractivity contribution in [2.75, 3.05) is 13.1 Å². The predicted octanol–water partition coefficient (Wildman–Crippen LogP) is 2.40. The van der Waals surface area contributed by atoms with Gasteiger partial charge in [0.1, 0.15) is 11.2 Å². The molecule has 1 unspecified atom stereocenters. The number of aryl methyl sites for hydroxylation is 2. The smallest absolute Gasteiger partial charge is 0.266 e. The van der Waals surface area contributed by atoms with Crippen molar-refractivity contribution in [1.82, 2.24) is 9.55 Å². The number of fused-ring (bicyclic) bond motifs is 1. The van der Waals surface area contributed by atoms with Crippen molar-refractivity contribution in [1.29, 1.82) is 0 Å². The molecule has 0 amide bonds. The molecule has 4 rings (SSSR count). The maximum atomic E-state index is 12.8. The monoisotopic (exact) mass is 352 g/mol. The minimum absolute atomic E-state index is 0.0946. The van der Waals surface area contributed by atoms with E-state index in [1.54, 1.807) is 22.2 Å². The number of quaternary nitrogens is 1. The third-order valence-corrected chi connectivity index (χ3v) is 6.19. The molecule has 0 spiro atoms. The SMILES string of the molecule is Cc1sc2ncn(C[NH+]3CC=C(c4ccccc4)CC3)c(=O)c2c1C. The summed E-state index contributed by atoms with van der Waals surface area (Å²) in [6.45, 7) is 6.72. The first-order valence-corrected chi connectivity index (χ1v) is 9.48. The van der Waals surface area contributed by atoms with E-state index in [2.05, 4.69) is 42.2 Å². The summed E-state index contributed by atoms with van der Waals surface area (Å²) >= 11 is 1.60. The quantitative estimate of drug-likeness (QED) is 0.786. The molecule has 0 radical (unpaired) electrons. The van der Waals surface area contributed by atoms with Crippen molar-refractivity contribution in [2.24, 2.45) is 0 Å². The number of hydrogen-bond donors (Lipinski definition) is 1. The zero-order chi connectivity index (χ0) is 17.4. The van der Waals surface area contributed by atoms with Gasteiger partial charge in [-0.15, -0.1) is 11.3 Å². The summed E-state index contributed by atoms with van der Waals surface area (Å²) in [6, 6.07) is 10.6. The van der Waals surface area contributed by atoms with E-state index in [0.29, 0.717) is 6.67 Å². The summed E-state index contributed by atoms with van der Waals surface area (Å²) in [5.74, 6) is 0. The molecular weight excluding hydrogens is 330 g/mol. The molecule has 0 saturated carbocycles. The highest BCUT2D eigenvalue weighted by Crippen LogP contribution is 2.25. The number of aromatic nitrogens is 2. The lowest BCUT2D eigenvalue weighted by molar-refractivity contribution is -0.918. The first kappa shape index (κ1) is 16.2. The van der Waals surface area contributed by atoms with Crippen LogP contribution in [0.15, 0.2) is 47.5 Å². The van der Waals surface area contributed by atoms with Crippen LogP contribution in [0.4, 0.5) is 0 Å². The Balaban J connectivity index is 1.55. The maximum absolute atomic E-state index is 12.8. The van der Waals surface area contributed by atoms with E-state index in [1.807, 2.05) is 13.0 Å². The first-order chi connectivity index (χ1) is 12.1. The van der Waals surface area contributed by atoms with Crippen LogP contribution < -0.4 is 10.5 Å². The van der Waals surface area contributed by atoms with Crippen LogP contribution in [0.1, 0.15) is 22.4 Å². The molecule has 1 N–H and O–H groups in total. The molecule has 1 atom stereocenters. The summed E-state index contributed by atoms with van der Waals surface area (Å²) in [5.41, 5.74) is 3.89. The Morgan fingerprint density at radius 1 is 1.24 bits per heavy atom. The topological polar surface area (TPSA) is 39.3 Å². The summed E-state index contributed by atoms with van der Waals surface area (Å²) in [7, 11) is 0. The fourth-order valence-corrected chi connectivity index (χ4v) is 4.45. The molecular formula is C20H22N3OS+. The van der Waals surface area contributed by atoms with Gasteiger partial charge in [0, 0.05) is 11.3 Å². The molecule has 0 bridgehead atoms. The van der Waals surface area contributed by atoms with Crippen molar-refractivity contribution in [3.63, 3.8) is 0 Å². The summed E-state index contributed by atoms with van der Waals surface area (Å²) < 4.78 is 1.78. The lowest BCUT2D eigenvalue weighted by Gasteiger charge is -2.24. The van der Waals surface area contributed by atoms with Crippen LogP contribution in [0.5, 0.6) is 0 Å². The van der Waals surface area contributed by atoms with E-state index in [-0.39, 0.29) is 5.56 Å². The fourth-order valence-electron chi connectivity index (χ4n) is 3.46. The molecule has 128 valence electrons. The van der Waals surface area contributed by atoms with Gasteiger partial charge in [-0.3, -0.25) is 4.79 Å².